The number of piperidine rings is 1. The number of hydrogen-bond donors (Lipinski definition) is 1. The first-order valence-corrected chi connectivity index (χ1v) is 10.3. The van der Waals surface area contributed by atoms with Crippen molar-refractivity contribution in [3.05, 3.63) is 35.9 Å². The Balaban J connectivity index is 2.05. The van der Waals surface area contributed by atoms with Crippen molar-refractivity contribution in [1.82, 2.24) is 10.2 Å². The number of carbonyl (C=O) groups is 3. The number of likely N-dealkylation sites (tertiary alicyclic amines) is 1. The topological polar surface area (TPSA) is 75.7 Å². The third kappa shape index (κ3) is 6.58. The summed E-state index contributed by atoms with van der Waals surface area (Å²) < 4.78 is 5.52. The maximum absolute atomic E-state index is 12.9. The number of esters is 1. The Morgan fingerprint density at radius 1 is 1.00 bits per heavy atom. The van der Waals surface area contributed by atoms with Gasteiger partial charge in [-0.15, -0.1) is 0 Å². The first-order chi connectivity index (χ1) is 13.4. The molecule has 1 aromatic rings. The van der Waals surface area contributed by atoms with Gasteiger partial charge in [0.15, 0.2) is 6.04 Å². The lowest BCUT2D eigenvalue weighted by Crippen LogP contribution is -2.47. The van der Waals surface area contributed by atoms with E-state index < -0.39 is 23.0 Å². The summed E-state index contributed by atoms with van der Waals surface area (Å²) in [7, 11) is 0. The summed E-state index contributed by atoms with van der Waals surface area (Å²) in [5.74, 6) is -0.773. The summed E-state index contributed by atoms with van der Waals surface area (Å²) in [6, 6.07) is 8.28. The molecule has 0 aliphatic carbocycles. The molecule has 0 aromatic heterocycles. The highest BCUT2D eigenvalue weighted by Gasteiger charge is 2.34. The van der Waals surface area contributed by atoms with E-state index in [1.54, 1.807) is 32.9 Å². The van der Waals surface area contributed by atoms with Crippen molar-refractivity contribution in [3.8, 4) is 0 Å². The van der Waals surface area contributed by atoms with Crippen LogP contribution < -0.4 is 5.32 Å². The van der Waals surface area contributed by atoms with E-state index in [9.17, 15) is 14.4 Å². The molecule has 1 aromatic carbocycles. The monoisotopic (exact) mass is 402 g/mol. The second-order valence-corrected chi connectivity index (χ2v) is 9.70. The minimum absolute atomic E-state index is 0.104. The van der Waals surface area contributed by atoms with Crippen LogP contribution in [0.1, 0.15) is 66.0 Å². The average Bonchev–Trinajstić information content (AvgIpc) is 2.64. The first-order valence-electron chi connectivity index (χ1n) is 10.3. The Kier molecular flexibility index (Phi) is 7.09. The number of benzene rings is 1. The van der Waals surface area contributed by atoms with Crippen LogP contribution in [-0.2, 0) is 19.1 Å². The Hall–Kier alpha value is -2.37. The highest BCUT2D eigenvalue weighted by Crippen LogP contribution is 2.25. The highest BCUT2D eigenvalue weighted by molar-refractivity contribution is 5.87. The largest absolute Gasteiger partial charge is 0.458 e. The van der Waals surface area contributed by atoms with Crippen LogP contribution in [-0.4, -0.2) is 41.4 Å². The molecule has 0 spiro atoms. The molecule has 1 N–H and O–H groups in total. The molecule has 1 aliphatic rings. The van der Waals surface area contributed by atoms with E-state index >= 15 is 0 Å². The molecule has 160 valence electrons. The van der Waals surface area contributed by atoms with Crippen LogP contribution in [0.25, 0.3) is 0 Å². The molecule has 0 saturated carbocycles. The summed E-state index contributed by atoms with van der Waals surface area (Å²) in [6.07, 6.45) is 1.17. The fraction of sp³-hybridized carbons (Fsp3) is 0.609. The normalized spacial score (nSPS) is 16.8. The molecule has 0 bridgehead atoms. The van der Waals surface area contributed by atoms with Gasteiger partial charge in [0.05, 0.1) is 0 Å². The number of ether oxygens (including phenoxy) is 1. The standard InChI is InChI=1S/C23H34N2O4/c1-22(2,3)21(28)25-14-12-17(13-15-25)19(26)24-18(16-10-8-7-9-11-16)20(27)29-23(4,5)6/h7-11,17-18H,12-15H2,1-6H3,(H,24,26)/t18-/m0/s1. The molecule has 0 unspecified atom stereocenters. The highest BCUT2D eigenvalue weighted by atomic mass is 16.6. The van der Waals surface area contributed by atoms with E-state index in [1.807, 2.05) is 43.9 Å². The van der Waals surface area contributed by atoms with Crippen LogP contribution in [0.15, 0.2) is 30.3 Å². The van der Waals surface area contributed by atoms with Gasteiger partial charge in [0.25, 0.3) is 0 Å². The van der Waals surface area contributed by atoms with Crippen LogP contribution in [0, 0.1) is 11.3 Å². The second kappa shape index (κ2) is 8.97. The van der Waals surface area contributed by atoms with Gasteiger partial charge in [0.2, 0.25) is 11.8 Å². The van der Waals surface area contributed by atoms with E-state index in [2.05, 4.69) is 5.32 Å². The SMILES string of the molecule is CC(C)(C)OC(=O)[C@@H](NC(=O)C1CCN(C(=O)C(C)(C)C)CC1)c1ccccc1. The Morgan fingerprint density at radius 3 is 2.03 bits per heavy atom. The van der Waals surface area contributed by atoms with Gasteiger partial charge < -0.3 is 15.0 Å². The molecule has 6 heteroatoms. The molecule has 1 aliphatic heterocycles. The van der Waals surface area contributed by atoms with Crippen molar-refractivity contribution in [2.75, 3.05) is 13.1 Å². The minimum atomic E-state index is -0.850. The predicted molar refractivity (Wildman–Crippen MR) is 112 cm³/mol. The van der Waals surface area contributed by atoms with Gasteiger partial charge in [-0.1, -0.05) is 51.1 Å². The molecule has 1 fully saturated rings. The molecule has 1 saturated heterocycles. The summed E-state index contributed by atoms with van der Waals surface area (Å²) in [6.45, 7) is 12.2. The van der Waals surface area contributed by atoms with Gasteiger partial charge in [0, 0.05) is 24.4 Å². The fourth-order valence-electron chi connectivity index (χ4n) is 3.36. The Labute approximate surface area is 174 Å². The van der Waals surface area contributed by atoms with Crippen LogP contribution >= 0.6 is 0 Å². The van der Waals surface area contributed by atoms with Crippen LogP contribution in [0.4, 0.5) is 0 Å². The quantitative estimate of drug-likeness (QED) is 0.783. The number of hydrogen-bond acceptors (Lipinski definition) is 4. The van der Waals surface area contributed by atoms with E-state index in [1.165, 1.54) is 0 Å². The lowest BCUT2D eigenvalue weighted by molar-refractivity contribution is -0.159. The zero-order valence-corrected chi connectivity index (χ0v) is 18.5. The van der Waals surface area contributed by atoms with Crippen molar-refractivity contribution in [2.24, 2.45) is 11.3 Å². The zero-order chi connectivity index (χ0) is 21.8. The van der Waals surface area contributed by atoms with E-state index in [0.29, 0.717) is 31.5 Å². The van der Waals surface area contributed by atoms with Crippen molar-refractivity contribution < 1.29 is 19.1 Å². The summed E-state index contributed by atoms with van der Waals surface area (Å²) >= 11 is 0. The molecular formula is C23H34N2O4. The molecule has 2 amide bonds. The third-order valence-electron chi connectivity index (χ3n) is 4.86. The van der Waals surface area contributed by atoms with Crippen molar-refractivity contribution in [1.29, 1.82) is 0 Å². The number of nitrogens with one attached hydrogen (secondary N) is 1. The number of carbonyl (C=O) groups excluding carboxylic acids is 3. The molecule has 2 rings (SSSR count). The summed E-state index contributed by atoms with van der Waals surface area (Å²) in [4.78, 5) is 39.9. The smallest absolute Gasteiger partial charge is 0.333 e. The van der Waals surface area contributed by atoms with Crippen LogP contribution in [0.2, 0.25) is 0 Å². The van der Waals surface area contributed by atoms with Crippen molar-refractivity contribution >= 4 is 17.8 Å². The van der Waals surface area contributed by atoms with E-state index in [-0.39, 0.29) is 17.7 Å². The molecule has 29 heavy (non-hydrogen) atoms. The van der Waals surface area contributed by atoms with E-state index in [4.69, 9.17) is 4.74 Å². The number of nitrogens with zero attached hydrogens (tertiary/aromatic N) is 1. The molecule has 0 radical (unpaired) electrons. The minimum Gasteiger partial charge on any atom is -0.458 e. The van der Waals surface area contributed by atoms with Crippen molar-refractivity contribution in [2.45, 2.75) is 66.0 Å². The zero-order valence-electron chi connectivity index (χ0n) is 18.5. The van der Waals surface area contributed by atoms with Crippen LogP contribution in [0.3, 0.4) is 0 Å². The molecule has 1 atom stereocenters. The van der Waals surface area contributed by atoms with Gasteiger partial charge in [-0.05, 0) is 39.2 Å². The number of amides is 2. The lowest BCUT2D eigenvalue weighted by Gasteiger charge is -2.35. The summed E-state index contributed by atoms with van der Waals surface area (Å²) in [5.41, 5.74) is -0.381. The predicted octanol–water partition coefficient (Wildman–Crippen LogP) is 3.47. The first kappa shape index (κ1) is 22.9. The number of rotatable bonds is 4. The van der Waals surface area contributed by atoms with Crippen molar-refractivity contribution in [3.63, 3.8) is 0 Å². The molecule has 6 nitrogen and oxygen atoms in total. The fourth-order valence-corrected chi connectivity index (χ4v) is 3.36. The second-order valence-electron chi connectivity index (χ2n) is 9.70. The Morgan fingerprint density at radius 2 is 1.55 bits per heavy atom. The maximum Gasteiger partial charge on any atom is 0.333 e. The van der Waals surface area contributed by atoms with Crippen LogP contribution in [0.5, 0.6) is 0 Å². The summed E-state index contributed by atoms with van der Waals surface area (Å²) in [5, 5.41) is 2.88. The van der Waals surface area contributed by atoms with Gasteiger partial charge in [-0.2, -0.15) is 0 Å². The molecule has 1 heterocycles. The Bertz CT molecular complexity index is 723. The molecular weight excluding hydrogens is 368 g/mol. The van der Waals surface area contributed by atoms with E-state index in [0.717, 1.165) is 0 Å². The van der Waals surface area contributed by atoms with Gasteiger partial charge >= 0.3 is 5.97 Å². The van der Waals surface area contributed by atoms with Gasteiger partial charge in [0.1, 0.15) is 5.60 Å². The maximum atomic E-state index is 12.9. The average molecular weight is 403 g/mol. The third-order valence-corrected chi connectivity index (χ3v) is 4.86. The lowest BCUT2D eigenvalue weighted by atomic mass is 9.90. The van der Waals surface area contributed by atoms with Gasteiger partial charge in [-0.3, -0.25) is 9.59 Å². The van der Waals surface area contributed by atoms with Gasteiger partial charge in [-0.25, -0.2) is 4.79 Å².